The minimum atomic E-state index is -2.90. The number of rotatable bonds is 5. The fraction of sp³-hybridized carbons (Fsp3) is 1.00. The summed E-state index contributed by atoms with van der Waals surface area (Å²) in [5, 5.41) is 2.67. The maximum Gasteiger partial charge on any atom is 0.151 e. The van der Waals surface area contributed by atoms with Crippen molar-refractivity contribution in [3.8, 4) is 0 Å². The molecule has 0 fully saturated rings. The minimum Gasteiger partial charge on any atom is -0.318 e. The van der Waals surface area contributed by atoms with E-state index in [0.29, 0.717) is 6.54 Å². The molecule has 0 radical (unpaired) electrons. The summed E-state index contributed by atoms with van der Waals surface area (Å²) in [5.74, 6) is 0.229. The average Bonchev–Trinajstić information content (AvgIpc) is 1.96. The molecule has 12 heavy (non-hydrogen) atoms. The van der Waals surface area contributed by atoms with Gasteiger partial charge in [0, 0.05) is 12.8 Å². The number of hydrogen-bond acceptors (Lipinski definition) is 3. The van der Waals surface area contributed by atoms with Gasteiger partial charge in [-0.05, 0) is 13.0 Å². The predicted molar refractivity (Wildman–Crippen MR) is 52.0 cm³/mol. The van der Waals surface area contributed by atoms with Gasteiger partial charge in [-0.25, -0.2) is 8.42 Å². The SMILES string of the molecule is CCC(C)C(CNC)S(C)(=O)=O. The van der Waals surface area contributed by atoms with E-state index in [0.717, 1.165) is 6.42 Å². The molecule has 0 aliphatic carbocycles. The highest BCUT2D eigenvalue weighted by Gasteiger charge is 2.24. The van der Waals surface area contributed by atoms with E-state index in [4.69, 9.17) is 0 Å². The Labute approximate surface area is 75.5 Å². The second-order valence-electron chi connectivity index (χ2n) is 3.31. The lowest BCUT2D eigenvalue weighted by molar-refractivity contribution is 0.482. The van der Waals surface area contributed by atoms with Crippen molar-refractivity contribution in [2.75, 3.05) is 19.8 Å². The topological polar surface area (TPSA) is 46.2 Å². The van der Waals surface area contributed by atoms with Crippen molar-refractivity contribution >= 4 is 9.84 Å². The molecule has 0 saturated carbocycles. The Morgan fingerprint density at radius 2 is 1.92 bits per heavy atom. The maximum absolute atomic E-state index is 11.3. The van der Waals surface area contributed by atoms with Crippen LogP contribution in [0.5, 0.6) is 0 Å². The molecule has 0 rings (SSSR count). The molecule has 0 spiro atoms. The molecule has 2 atom stereocenters. The highest BCUT2D eigenvalue weighted by Crippen LogP contribution is 2.14. The van der Waals surface area contributed by atoms with Gasteiger partial charge in [-0.1, -0.05) is 20.3 Å². The summed E-state index contributed by atoms with van der Waals surface area (Å²) >= 11 is 0. The van der Waals surface area contributed by atoms with Crippen molar-refractivity contribution in [1.82, 2.24) is 5.32 Å². The summed E-state index contributed by atoms with van der Waals surface area (Å²) in [4.78, 5) is 0. The van der Waals surface area contributed by atoms with Gasteiger partial charge >= 0.3 is 0 Å². The van der Waals surface area contributed by atoms with E-state index in [1.807, 2.05) is 13.8 Å². The molecule has 1 N–H and O–H groups in total. The Kier molecular flexibility index (Phi) is 4.78. The molecule has 0 aliphatic heterocycles. The van der Waals surface area contributed by atoms with Crippen molar-refractivity contribution in [3.63, 3.8) is 0 Å². The standard InChI is InChI=1S/C8H19NO2S/c1-5-7(2)8(6-9-3)12(4,10)11/h7-9H,5-6H2,1-4H3. The average molecular weight is 193 g/mol. The van der Waals surface area contributed by atoms with Crippen LogP contribution in [0.25, 0.3) is 0 Å². The predicted octanol–water partition coefficient (Wildman–Crippen LogP) is 0.665. The second-order valence-corrected chi connectivity index (χ2v) is 5.58. The van der Waals surface area contributed by atoms with E-state index < -0.39 is 9.84 Å². The fourth-order valence-electron chi connectivity index (χ4n) is 1.24. The smallest absolute Gasteiger partial charge is 0.151 e. The van der Waals surface area contributed by atoms with E-state index in [2.05, 4.69) is 5.32 Å². The molecule has 2 unspecified atom stereocenters. The van der Waals surface area contributed by atoms with Crippen molar-refractivity contribution in [2.45, 2.75) is 25.5 Å². The van der Waals surface area contributed by atoms with Crippen LogP contribution in [0.4, 0.5) is 0 Å². The Morgan fingerprint density at radius 3 is 2.17 bits per heavy atom. The lowest BCUT2D eigenvalue weighted by atomic mass is 10.1. The molecule has 0 aromatic heterocycles. The van der Waals surface area contributed by atoms with Crippen LogP contribution in [0.3, 0.4) is 0 Å². The quantitative estimate of drug-likeness (QED) is 0.698. The Hall–Kier alpha value is -0.0900. The van der Waals surface area contributed by atoms with Crippen molar-refractivity contribution < 1.29 is 8.42 Å². The van der Waals surface area contributed by atoms with Gasteiger partial charge in [0.15, 0.2) is 9.84 Å². The van der Waals surface area contributed by atoms with Crippen LogP contribution in [0.2, 0.25) is 0 Å². The van der Waals surface area contributed by atoms with Crippen LogP contribution in [0.1, 0.15) is 20.3 Å². The van der Waals surface area contributed by atoms with Crippen LogP contribution >= 0.6 is 0 Å². The second kappa shape index (κ2) is 4.82. The Balaban J connectivity index is 4.44. The summed E-state index contributed by atoms with van der Waals surface area (Å²) in [6.07, 6.45) is 2.21. The monoisotopic (exact) mass is 193 g/mol. The maximum atomic E-state index is 11.3. The van der Waals surface area contributed by atoms with E-state index in [1.165, 1.54) is 6.26 Å². The zero-order chi connectivity index (χ0) is 9.78. The zero-order valence-electron chi connectivity index (χ0n) is 8.29. The summed E-state index contributed by atoms with van der Waals surface area (Å²) in [7, 11) is -1.12. The third-order valence-corrected chi connectivity index (χ3v) is 3.97. The molecule has 0 aromatic rings. The van der Waals surface area contributed by atoms with Crippen LogP contribution in [-0.4, -0.2) is 33.5 Å². The molecule has 0 heterocycles. The first-order valence-corrected chi connectivity index (χ1v) is 6.22. The third kappa shape index (κ3) is 3.54. The Bertz CT molecular complexity index is 211. The normalized spacial score (nSPS) is 17.3. The molecular formula is C8H19NO2S. The first kappa shape index (κ1) is 11.9. The van der Waals surface area contributed by atoms with Gasteiger partial charge in [-0.3, -0.25) is 0 Å². The molecule has 0 bridgehead atoms. The first-order valence-electron chi connectivity index (χ1n) is 4.27. The zero-order valence-corrected chi connectivity index (χ0v) is 9.11. The van der Waals surface area contributed by atoms with Crippen LogP contribution in [-0.2, 0) is 9.84 Å². The van der Waals surface area contributed by atoms with Gasteiger partial charge < -0.3 is 5.32 Å². The van der Waals surface area contributed by atoms with Gasteiger partial charge in [0.2, 0.25) is 0 Å². The van der Waals surface area contributed by atoms with E-state index in [9.17, 15) is 8.42 Å². The van der Waals surface area contributed by atoms with Crippen molar-refractivity contribution in [3.05, 3.63) is 0 Å². The van der Waals surface area contributed by atoms with Gasteiger partial charge in [0.1, 0.15) is 0 Å². The summed E-state index contributed by atoms with van der Waals surface area (Å²) < 4.78 is 22.6. The van der Waals surface area contributed by atoms with Gasteiger partial charge in [0.25, 0.3) is 0 Å². The molecule has 4 heteroatoms. The van der Waals surface area contributed by atoms with E-state index in [1.54, 1.807) is 7.05 Å². The summed E-state index contributed by atoms with van der Waals surface area (Å²) in [6, 6.07) is 0. The minimum absolute atomic E-state index is 0.229. The molecule has 0 aliphatic rings. The van der Waals surface area contributed by atoms with Gasteiger partial charge in [-0.15, -0.1) is 0 Å². The lowest BCUT2D eigenvalue weighted by Crippen LogP contribution is -2.36. The van der Waals surface area contributed by atoms with Crippen LogP contribution in [0.15, 0.2) is 0 Å². The molecular weight excluding hydrogens is 174 g/mol. The summed E-state index contributed by atoms with van der Waals surface area (Å²) in [5.41, 5.74) is 0. The van der Waals surface area contributed by atoms with E-state index >= 15 is 0 Å². The lowest BCUT2D eigenvalue weighted by Gasteiger charge is -2.20. The molecule has 3 nitrogen and oxygen atoms in total. The highest BCUT2D eigenvalue weighted by atomic mass is 32.2. The number of hydrogen-bond donors (Lipinski definition) is 1. The molecule has 0 amide bonds. The van der Waals surface area contributed by atoms with Crippen LogP contribution in [0, 0.1) is 5.92 Å². The summed E-state index contributed by atoms with van der Waals surface area (Å²) in [6.45, 7) is 4.54. The number of nitrogens with one attached hydrogen (secondary N) is 1. The van der Waals surface area contributed by atoms with Gasteiger partial charge in [-0.2, -0.15) is 0 Å². The molecule has 0 aromatic carbocycles. The fourth-order valence-corrected chi connectivity index (χ4v) is 2.74. The van der Waals surface area contributed by atoms with Gasteiger partial charge in [0.05, 0.1) is 5.25 Å². The van der Waals surface area contributed by atoms with Crippen molar-refractivity contribution in [1.29, 1.82) is 0 Å². The van der Waals surface area contributed by atoms with Crippen LogP contribution < -0.4 is 5.32 Å². The Morgan fingerprint density at radius 1 is 1.42 bits per heavy atom. The molecule has 0 saturated heterocycles. The van der Waals surface area contributed by atoms with E-state index in [-0.39, 0.29) is 11.2 Å². The largest absolute Gasteiger partial charge is 0.318 e. The third-order valence-electron chi connectivity index (χ3n) is 2.23. The molecule has 74 valence electrons. The first-order chi connectivity index (χ1) is 5.43. The highest BCUT2D eigenvalue weighted by molar-refractivity contribution is 7.91. The van der Waals surface area contributed by atoms with Crippen molar-refractivity contribution in [2.24, 2.45) is 5.92 Å². The number of sulfone groups is 1.